The van der Waals surface area contributed by atoms with Gasteiger partial charge in [-0.25, -0.2) is 4.98 Å². The number of hydrogen-bond acceptors (Lipinski definition) is 2. The van der Waals surface area contributed by atoms with E-state index in [1.807, 2.05) is 31.2 Å². The maximum absolute atomic E-state index is 6.14. The normalized spacial score (nSPS) is 11.2. The molecule has 0 aliphatic carbocycles. The van der Waals surface area contributed by atoms with E-state index in [1.165, 1.54) is 0 Å². The predicted molar refractivity (Wildman–Crippen MR) is 93.8 cm³/mol. The van der Waals surface area contributed by atoms with E-state index >= 15 is 0 Å². The van der Waals surface area contributed by atoms with E-state index in [0.717, 1.165) is 41.4 Å². The summed E-state index contributed by atoms with van der Waals surface area (Å²) >= 11 is 10.4. The first kappa shape index (κ1) is 14.1. The number of fused-ring (bicyclic) bond motifs is 1. The van der Waals surface area contributed by atoms with Gasteiger partial charge in [-0.3, -0.25) is 0 Å². The van der Waals surface area contributed by atoms with Crippen molar-refractivity contribution < 1.29 is 0 Å². The van der Waals surface area contributed by atoms with Gasteiger partial charge in [0, 0.05) is 19.0 Å². The third-order valence-electron chi connectivity index (χ3n) is 3.09. The Morgan fingerprint density at radius 3 is 2.50 bits per heavy atom. The molecule has 0 saturated heterocycles. The molecule has 0 saturated carbocycles. The molecular formula is C14H10Br3N3. The number of aromatic amines is 1. The van der Waals surface area contributed by atoms with Crippen molar-refractivity contribution in [2.45, 2.75) is 6.92 Å². The summed E-state index contributed by atoms with van der Waals surface area (Å²) in [6.07, 6.45) is 0. The first-order valence-electron chi connectivity index (χ1n) is 5.86. The molecule has 102 valence electrons. The van der Waals surface area contributed by atoms with Crippen molar-refractivity contribution in [1.29, 1.82) is 0 Å². The van der Waals surface area contributed by atoms with Crippen LogP contribution in [0.15, 0.2) is 37.7 Å². The zero-order valence-electron chi connectivity index (χ0n) is 10.5. The van der Waals surface area contributed by atoms with Gasteiger partial charge in [-0.1, -0.05) is 31.9 Å². The molecule has 1 aromatic heterocycles. The molecule has 1 heterocycles. The van der Waals surface area contributed by atoms with Crippen molar-refractivity contribution in [1.82, 2.24) is 9.97 Å². The Morgan fingerprint density at radius 2 is 1.75 bits per heavy atom. The Kier molecular flexibility index (Phi) is 3.64. The fraction of sp³-hybridized carbons (Fsp3) is 0.0714. The van der Waals surface area contributed by atoms with Crippen molar-refractivity contribution in [3.05, 3.63) is 43.2 Å². The van der Waals surface area contributed by atoms with Gasteiger partial charge in [-0.05, 0) is 52.7 Å². The number of nitrogens with one attached hydrogen (secondary N) is 1. The number of H-pyrrole nitrogens is 1. The Morgan fingerprint density at radius 1 is 1.05 bits per heavy atom. The van der Waals surface area contributed by atoms with Gasteiger partial charge in [0.15, 0.2) is 0 Å². The minimum Gasteiger partial charge on any atom is -0.397 e. The summed E-state index contributed by atoms with van der Waals surface area (Å²) in [6.45, 7) is 2.04. The number of benzene rings is 2. The van der Waals surface area contributed by atoms with Crippen molar-refractivity contribution >= 4 is 64.5 Å². The molecule has 0 aliphatic heterocycles. The summed E-state index contributed by atoms with van der Waals surface area (Å²) in [5.74, 6) is 0.765. The number of rotatable bonds is 1. The van der Waals surface area contributed by atoms with E-state index in [1.54, 1.807) is 0 Å². The maximum Gasteiger partial charge on any atom is 0.140 e. The molecular weight excluding hydrogens is 450 g/mol. The summed E-state index contributed by atoms with van der Waals surface area (Å²) in [5.41, 5.74) is 10.7. The van der Waals surface area contributed by atoms with Gasteiger partial charge in [0.05, 0.1) is 16.7 Å². The molecule has 2 aromatic carbocycles. The van der Waals surface area contributed by atoms with Crippen LogP contribution in [0.4, 0.5) is 5.69 Å². The monoisotopic (exact) mass is 457 g/mol. The number of nitrogens with zero attached hydrogens (tertiary/aromatic N) is 1. The molecule has 6 heteroatoms. The van der Waals surface area contributed by atoms with Gasteiger partial charge in [0.2, 0.25) is 0 Å². The Hall–Kier alpha value is -0.850. The second-order valence-corrected chi connectivity index (χ2v) is 7.24. The van der Waals surface area contributed by atoms with E-state index in [-0.39, 0.29) is 0 Å². The lowest BCUT2D eigenvalue weighted by Gasteiger charge is -2.05. The highest BCUT2D eigenvalue weighted by Gasteiger charge is 2.13. The third-order valence-corrected chi connectivity index (χ3v) is 4.66. The largest absolute Gasteiger partial charge is 0.397 e. The number of anilines is 1. The smallest absolute Gasteiger partial charge is 0.140 e. The average Bonchev–Trinajstić information content (AvgIpc) is 2.77. The summed E-state index contributed by atoms with van der Waals surface area (Å²) in [5, 5.41) is 0. The molecule has 0 amide bonds. The van der Waals surface area contributed by atoms with Gasteiger partial charge < -0.3 is 10.7 Å². The van der Waals surface area contributed by atoms with Crippen LogP contribution in [-0.2, 0) is 0 Å². The average molecular weight is 460 g/mol. The molecule has 3 N–H and O–H groups in total. The fourth-order valence-corrected chi connectivity index (χ4v) is 3.95. The fourth-order valence-electron chi connectivity index (χ4n) is 2.15. The van der Waals surface area contributed by atoms with Crippen LogP contribution < -0.4 is 5.73 Å². The van der Waals surface area contributed by atoms with Crippen LogP contribution in [0.1, 0.15) is 5.56 Å². The number of halogens is 3. The first-order valence-corrected chi connectivity index (χ1v) is 8.24. The standard InChI is InChI=1S/C14H10Br3N3/c1-6-2-7(15)5-11-13(6)20-14(19-11)9-3-8(16)4-10(17)12(9)18/h2-5H,18H2,1H3,(H,19,20). The van der Waals surface area contributed by atoms with Gasteiger partial charge in [-0.15, -0.1) is 0 Å². The van der Waals surface area contributed by atoms with Gasteiger partial charge in [0.25, 0.3) is 0 Å². The van der Waals surface area contributed by atoms with E-state index in [0.29, 0.717) is 5.69 Å². The van der Waals surface area contributed by atoms with Crippen molar-refractivity contribution in [3.8, 4) is 11.4 Å². The maximum atomic E-state index is 6.14. The molecule has 3 nitrogen and oxygen atoms in total. The Balaban J connectivity index is 2.28. The van der Waals surface area contributed by atoms with E-state index in [4.69, 9.17) is 5.73 Å². The Labute approximate surface area is 141 Å². The van der Waals surface area contributed by atoms with Crippen LogP contribution in [0.25, 0.3) is 22.4 Å². The predicted octanol–water partition coefficient (Wildman–Crippen LogP) is 5.41. The number of imidazole rings is 1. The molecule has 3 rings (SSSR count). The van der Waals surface area contributed by atoms with E-state index in [9.17, 15) is 0 Å². The summed E-state index contributed by atoms with van der Waals surface area (Å²) in [6, 6.07) is 7.95. The van der Waals surface area contributed by atoms with Gasteiger partial charge in [-0.2, -0.15) is 0 Å². The first-order chi connectivity index (χ1) is 9.45. The van der Waals surface area contributed by atoms with Crippen molar-refractivity contribution in [2.75, 3.05) is 5.73 Å². The molecule has 3 aromatic rings. The molecule has 0 unspecified atom stereocenters. The second kappa shape index (κ2) is 5.16. The molecule has 0 spiro atoms. The molecule has 0 fully saturated rings. The molecule has 0 bridgehead atoms. The number of nitrogens with two attached hydrogens (primary N) is 1. The topological polar surface area (TPSA) is 54.7 Å². The quantitative estimate of drug-likeness (QED) is 0.478. The summed E-state index contributed by atoms with van der Waals surface area (Å²) in [7, 11) is 0. The van der Waals surface area contributed by atoms with E-state index in [2.05, 4.69) is 57.8 Å². The van der Waals surface area contributed by atoms with Crippen molar-refractivity contribution in [2.24, 2.45) is 0 Å². The number of aryl methyl sites for hydroxylation is 1. The number of hydrogen-bond donors (Lipinski definition) is 2. The molecule has 0 atom stereocenters. The molecule has 0 radical (unpaired) electrons. The van der Waals surface area contributed by atoms with Crippen LogP contribution in [0, 0.1) is 6.92 Å². The van der Waals surface area contributed by atoms with Gasteiger partial charge in [0.1, 0.15) is 5.82 Å². The number of aromatic nitrogens is 2. The molecule has 0 aliphatic rings. The van der Waals surface area contributed by atoms with Gasteiger partial charge >= 0.3 is 0 Å². The molecule has 20 heavy (non-hydrogen) atoms. The van der Waals surface area contributed by atoms with E-state index < -0.39 is 0 Å². The lowest BCUT2D eigenvalue weighted by Crippen LogP contribution is -1.93. The second-order valence-electron chi connectivity index (χ2n) is 4.55. The number of nitrogen functional groups attached to an aromatic ring is 1. The third kappa shape index (κ3) is 2.40. The van der Waals surface area contributed by atoms with Crippen LogP contribution in [-0.4, -0.2) is 9.97 Å². The van der Waals surface area contributed by atoms with Crippen LogP contribution >= 0.6 is 47.8 Å². The highest BCUT2D eigenvalue weighted by molar-refractivity contribution is 9.11. The SMILES string of the molecule is Cc1cc(Br)cc2[nH]c(-c3cc(Br)cc(Br)c3N)nc12. The highest BCUT2D eigenvalue weighted by Crippen LogP contribution is 2.35. The van der Waals surface area contributed by atoms with Crippen LogP contribution in [0.5, 0.6) is 0 Å². The van der Waals surface area contributed by atoms with Crippen molar-refractivity contribution in [3.63, 3.8) is 0 Å². The highest BCUT2D eigenvalue weighted by atomic mass is 79.9. The minimum atomic E-state index is 0.670. The van der Waals surface area contributed by atoms with Crippen LogP contribution in [0.2, 0.25) is 0 Å². The lowest BCUT2D eigenvalue weighted by molar-refractivity contribution is 1.33. The minimum absolute atomic E-state index is 0.670. The zero-order valence-corrected chi connectivity index (χ0v) is 15.2. The zero-order chi connectivity index (χ0) is 14.4. The lowest BCUT2D eigenvalue weighted by atomic mass is 10.2. The summed E-state index contributed by atoms with van der Waals surface area (Å²) < 4.78 is 2.83. The van der Waals surface area contributed by atoms with Crippen LogP contribution in [0.3, 0.4) is 0 Å². The summed E-state index contributed by atoms with van der Waals surface area (Å²) in [4.78, 5) is 7.99. The Bertz CT molecular complexity index is 824.